The largest absolute Gasteiger partial charge is 0.352 e. The Morgan fingerprint density at radius 2 is 2.12 bits per heavy atom. The third kappa shape index (κ3) is 5.46. The van der Waals surface area contributed by atoms with Crippen LogP contribution in [-0.4, -0.2) is 31.2 Å². The zero-order valence-electron chi connectivity index (χ0n) is 9.51. The van der Waals surface area contributed by atoms with Crippen LogP contribution in [0.1, 0.15) is 22.3 Å². The lowest BCUT2D eigenvalue weighted by molar-refractivity contribution is 0.0953. The van der Waals surface area contributed by atoms with Crippen LogP contribution in [0, 0.1) is 6.92 Å². The van der Waals surface area contributed by atoms with Gasteiger partial charge >= 0.3 is 0 Å². The Labute approximate surface area is 101 Å². The predicted octanol–water partition coefficient (Wildman–Crippen LogP) is 1.00. The lowest BCUT2D eigenvalue weighted by atomic mass is 10.1. The van der Waals surface area contributed by atoms with Crippen molar-refractivity contribution in [3.8, 4) is 0 Å². The molecule has 0 bridgehead atoms. The number of aryl methyl sites for hydroxylation is 1. The van der Waals surface area contributed by atoms with Gasteiger partial charge in [0, 0.05) is 12.1 Å². The molecule has 0 saturated carbocycles. The van der Waals surface area contributed by atoms with Crippen LogP contribution in [0.4, 0.5) is 0 Å². The average Bonchev–Trinajstić information content (AvgIpc) is 2.23. The second-order valence-electron chi connectivity index (χ2n) is 3.76. The molecular weight excluding hydrogens is 242 g/mol. The second-order valence-corrected chi connectivity index (χ2v) is 5.34. The van der Waals surface area contributed by atoms with Gasteiger partial charge in [0.1, 0.15) is 0 Å². The summed E-state index contributed by atoms with van der Waals surface area (Å²) in [7, 11) is -3.94. The predicted molar refractivity (Wildman–Crippen MR) is 64.5 cm³/mol. The Bertz CT molecular complexity index is 496. The van der Waals surface area contributed by atoms with Crippen LogP contribution in [0.15, 0.2) is 24.3 Å². The minimum absolute atomic E-state index is 0.191. The molecule has 0 aliphatic carbocycles. The number of carbonyl (C=O) groups is 1. The fourth-order valence-corrected chi connectivity index (χ4v) is 1.85. The number of amides is 1. The van der Waals surface area contributed by atoms with E-state index in [-0.39, 0.29) is 24.6 Å². The van der Waals surface area contributed by atoms with Gasteiger partial charge in [-0.15, -0.1) is 0 Å². The number of carbonyl (C=O) groups excluding carboxylic acids is 1. The molecule has 1 rings (SSSR count). The molecule has 0 saturated heterocycles. The van der Waals surface area contributed by atoms with E-state index in [9.17, 15) is 13.2 Å². The molecule has 0 spiro atoms. The van der Waals surface area contributed by atoms with E-state index in [1.54, 1.807) is 18.2 Å². The van der Waals surface area contributed by atoms with Crippen LogP contribution in [0.25, 0.3) is 0 Å². The van der Waals surface area contributed by atoms with E-state index < -0.39 is 10.1 Å². The first-order valence-electron chi connectivity index (χ1n) is 5.18. The minimum Gasteiger partial charge on any atom is -0.352 e. The van der Waals surface area contributed by atoms with Crippen molar-refractivity contribution in [1.82, 2.24) is 5.32 Å². The standard InChI is InChI=1S/C11H15NO4S/c1-9-4-2-5-10(8-9)11(13)12-6-3-7-17(14,15)16/h2,4-5,8H,3,6-7H2,1H3,(H,12,13)(H,14,15,16). The van der Waals surface area contributed by atoms with Gasteiger partial charge < -0.3 is 5.32 Å². The van der Waals surface area contributed by atoms with Gasteiger partial charge in [-0.3, -0.25) is 9.35 Å². The molecular formula is C11H15NO4S. The highest BCUT2D eigenvalue weighted by molar-refractivity contribution is 7.85. The summed E-state index contributed by atoms with van der Waals surface area (Å²) in [5.74, 6) is -0.592. The van der Waals surface area contributed by atoms with Crippen molar-refractivity contribution in [1.29, 1.82) is 0 Å². The van der Waals surface area contributed by atoms with Crippen molar-refractivity contribution in [3.05, 3.63) is 35.4 Å². The molecule has 0 unspecified atom stereocenters. The molecule has 2 N–H and O–H groups in total. The first-order valence-corrected chi connectivity index (χ1v) is 6.79. The zero-order chi connectivity index (χ0) is 12.9. The van der Waals surface area contributed by atoms with E-state index >= 15 is 0 Å². The highest BCUT2D eigenvalue weighted by Gasteiger charge is 2.06. The first-order chi connectivity index (χ1) is 7.88. The molecule has 0 aromatic heterocycles. The molecule has 17 heavy (non-hydrogen) atoms. The van der Waals surface area contributed by atoms with E-state index in [0.29, 0.717) is 5.56 Å². The lowest BCUT2D eigenvalue weighted by Crippen LogP contribution is -2.25. The highest BCUT2D eigenvalue weighted by Crippen LogP contribution is 2.03. The maximum absolute atomic E-state index is 11.6. The number of hydrogen-bond acceptors (Lipinski definition) is 3. The lowest BCUT2D eigenvalue weighted by Gasteiger charge is -2.05. The fraction of sp³-hybridized carbons (Fsp3) is 0.364. The molecule has 6 heteroatoms. The van der Waals surface area contributed by atoms with Crippen LogP contribution >= 0.6 is 0 Å². The molecule has 0 aliphatic rings. The summed E-state index contributed by atoms with van der Waals surface area (Å²) < 4.78 is 29.4. The van der Waals surface area contributed by atoms with Crippen molar-refractivity contribution in [2.45, 2.75) is 13.3 Å². The third-order valence-corrected chi connectivity index (χ3v) is 2.95. The Morgan fingerprint density at radius 1 is 1.41 bits per heavy atom. The summed E-state index contributed by atoms with van der Waals surface area (Å²) in [6.07, 6.45) is 0.191. The van der Waals surface area contributed by atoms with Crippen LogP contribution < -0.4 is 5.32 Å². The van der Waals surface area contributed by atoms with Gasteiger partial charge in [-0.25, -0.2) is 0 Å². The quantitative estimate of drug-likeness (QED) is 0.609. The van der Waals surface area contributed by atoms with Gasteiger partial charge in [0.25, 0.3) is 16.0 Å². The number of nitrogens with one attached hydrogen (secondary N) is 1. The number of hydrogen-bond donors (Lipinski definition) is 2. The van der Waals surface area contributed by atoms with Crippen molar-refractivity contribution >= 4 is 16.0 Å². The Hall–Kier alpha value is -1.40. The van der Waals surface area contributed by atoms with Crippen molar-refractivity contribution < 1.29 is 17.8 Å². The molecule has 0 atom stereocenters. The van der Waals surface area contributed by atoms with Crippen molar-refractivity contribution in [2.24, 2.45) is 0 Å². The van der Waals surface area contributed by atoms with Gasteiger partial charge in [-0.1, -0.05) is 17.7 Å². The molecule has 0 fully saturated rings. The monoisotopic (exact) mass is 257 g/mol. The minimum atomic E-state index is -3.94. The maximum atomic E-state index is 11.6. The zero-order valence-corrected chi connectivity index (χ0v) is 10.3. The highest BCUT2D eigenvalue weighted by atomic mass is 32.2. The molecule has 0 heterocycles. The topological polar surface area (TPSA) is 83.5 Å². The van der Waals surface area contributed by atoms with Crippen LogP contribution in [0.2, 0.25) is 0 Å². The van der Waals surface area contributed by atoms with Gasteiger partial charge in [-0.05, 0) is 25.5 Å². The molecule has 0 radical (unpaired) electrons. The van der Waals surface area contributed by atoms with Gasteiger partial charge in [0.2, 0.25) is 0 Å². The van der Waals surface area contributed by atoms with Crippen LogP contribution in [-0.2, 0) is 10.1 Å². The van der Waals surface area contributed by atoms with Gasteiger partial charge in [-0.2, -0.15) is 8.42 Å². The maximum Gasteiger partial charge on any atom is 0.264 e. The Kier molecular flexibility index (Phi) is 4.65. The molecule has 5 nitrogen and oxygen atoms in total. The third-order valence-electron chi connectivity index (χ3n) is 2.14. The second kappa shape index (κ2) is 5.79. The van der Waals surface area contributed by atoms with E-state index in [0.717, 1.165) is 5.56 Å². The normalized spacial score (nSPS) is 11.2. The molecule has 1 aromatic rings. The van der Waals surface area contributed by atoms with Crippen LogP contribution in [0.5, 0.6) is 0 Å². The van der Waals surface area contributed by atoms with E-state index in [4.69, 9.17) is 4.55 Å². The summed E-state index contributed by atoms with van der Waals surface area (Å²) in [5.41, 5.74) is 1.52. The van der Waals surface area contributed by atoms with E-state index in [1.807, 2.05) is 13.0 Å². The summed E-state index contributed by atoms with van der Waals surface area (Å²) >= 11 is 0. The Morgan fingerprint density at radius 3 is 2.71 bits per heavy atom. The first kappa shape index (κ1) is 13.7. The smallest absolute Gasteiger partial charge is 0.264 e. The SMILES string of the molecule is Cc1cccc(C(=O)NCCCS(=O)(=O)O)c1. The number of benzene rings is 1. The summed E-state index contributed by atoms with van der Waals surface area (Å²) in [6.45, 7) is 2.10. The van der Waals surface area contributed by atoms with Gasteiger partial charge in [0.05, 0.1) is 5.75 Å². The van der Waals surface area contributed by atoms with Crippen molar-refractivity contribution in [3.63, 3.8) is 0 Å². The van der Waals surface area contributed by atoms with Crippen molar-refractivity contribution in [2.75, 3.05) is 12.3 Å². The van der Waals surface area contributed by atoms with Crippen LogP contribution in [0.3, 0.4) is 0 Å². The summed E-state index contributed by atoms with van der Waals surface area (Å²) in [6, 6.07) is 7.10. The van der Waals surface area contributed by atoms with E-state index in [1.165, 1.54) is 0 Å². The number of rotatable bonds is 5. The Balaban J connectivity index is 2.41. The van der Waals surface area contributed by atoms with E-state index in [2.05, 4.69) is 5.32 Å². The average molecular weight is 257 g/mol. The molecule has 1 aromatic carbocycles. The molecule has 94 valence electrons. The molecule has 0 aliphatic heterocycles. The summed E-state index contributed by atoms with van der Waals surface area (Å²) in [5, 5.41) is 2.58. The molecule has 1 amide bonds. The summed E-state index contributed by atoms with van der Waals surface area (Å²) in [4.78, 5) is 11.6. The fourth-order valence-electron chi connectivity index (χ4n) is 1.34. The van der Waals surface area contributed by atoms with Gasteiger partial charge in [0.15, 0.2) is 0 Å².